The Balaban J connectivity index is 4.10. The van der Waals surface area contributed by atoms with Crippen molar-refractivity contribution >= 4 is 0 Å². The van der Waals surface area contributed by atoms with Gasteiger partial charge >= 0.3 is 0 Å². The van der Waals surface area contributed by atoms with Crippen molar-refractivity contribution in [2.24, 2.45) is 5.41 Å². The van der Waals surface area contributed by atoms with Crippen LogP contribution in [0.15, 0.2) is 12.7 Å². The van der Waals surface area contributed by atoms with E-state index in [-0.39, 0.29) is 0 Å². The van der Waals surface area contributed by atoms with E-state index < -0.39 is 0 Å². The molecule has 0 aromatic heterocycles. The largest absolute Gasteiger partial charge is 0.316 e. The van der Waals surface area contributed by atoms with Gasteiger partial charge in [-0.3, -0.25) is 0 Å². The fourth-order valence-corrected chi connectivity index (χ4v) is 1.24. The lowest BCUT2D eigenvalue weighted by atomic mass is 9.80. The molecule has 0 saturated carbocycles. The lowest BCUT2D eigenvalue weighted by Crippen LogP contribution is -2.39. The van der Waals surface area contributed by atoms with Gasteiger partial charge in [0.15, 0.2) is 0 Å². The van der Waals surface area contributed by atoms with Gasteiger partial charge in [-0.25, -0.2) is 0 Å². The van der Waals surface area contributed by atoms with E-state index in [1.54, 1.807) is 0 Å². The average molecular weight is 155 g/mol. The molecule has 0 fully saturated rings. The number of rotatable bonds is 5. The third kappa shape index (κ3) is 3.06. The van der Waals surface area contributed by atoms with Crippen LogP contribution in [0.25, 0.3) is 0 Å². The third-order valence-electron chi connectivity index (χ3n) is 2.61. The summed E-state index contributed by atoms with van der Waals surface area (Å²) in [5.74, 6) is 0. The fourth-order valence-electron chi connectivity index (χ4n) is 1.24. The molecule has 0 amide bonds. The molecule has 0 aliphatic carbocycles. The maximum Gasteiger partial charge on any atom is 0.0149 e. The van der Waals surface area contributed by atoms with Crippen molar-refractivity contribution in [1.29, 1.82) is 0 Å². The maximum atomic E-state index is 3.76. The van der Waals surface area contributed by atoms with E-state index in [0.29, 0.717) is 11.5 Å². The van der Waals surface area contributed by atoms with Crippen LogP contribution in [-0.4, -0.2) is 13.1 Å². The number of nitrogens with one attached hydrogen (secondary N) is 1. The van der Waals surface area contributed by atoms with Crippen LogP contribution in [0.3, 0.4) is 0 Å². The molecule has 11 heavy (non-hydrogen) atoms. The zero-order chi connectivity index (χ0) is 8.91. The highest BCUT2D eigenvalue weighted by molar-refractivity contribution is 4.87. The first-order chi connectivity index (χ1) is 5.08. The van der Waals surface area contributed by atoms with Crippen LogP contribution in [0.5, 0.6) is 0 Å². The van der Waals surface area contributed by atoms with E-state index >= 15 is 0 Å². The Morgan fingerprint density at radius 3 is 2.36 bits per heavy atom. The number of hydrogen-bond donors (Lipinski definition) is 1. The first kappa shape index (κ1) is 10.7. The van der Waals surface area contributed by atoms with Gasteiger partial charge < -0.3 is 5.32 Å². The van der Waals surface area contributed by atoms with Gasteiger partial charge in [-0.15, -0.1) is 6.58 Å². The quantitative estimate of drug-likeness (QED) is 0.602. The molecule has 1 nitrogen and oxygen atoms in total. The number of hydrogen-bond acceptors (Lipinski definition) is 1. The topological polar surface area (TPSA) is 12.0 Å². The summed E-state index contributed by atoms with van der Waals surface area (Å²) in [5, 5.41) is 3.32. The molecule has 66 valence electrons. The summed E-state index contributed by atoms with van der Waals surface area (Å²) < 4.78 is 0. The first-order valence-electron chi connectivity index (χ1n) is 4.36. The summed E-state index contributed by atoms with van der Waals surface area (Å²) in [6, 6.07) is 0.560. The molecule has 0 rings (SSSR count). The second-order valence-electron chi connectivity index (χ2n) is 3.71. The minimum Gasteiger partial charge on any atom is -0.316 e. The van der Waals surface area contributed by atoms with Gasteiger partial charge in [-0.1, -0.05) is 26.8 Å². The zero-order valence-corrected chi connectivity index (χ0v) is 8.28. The van der Waals surface area contributed by atoms with Crippen LogP contribution in [0.4, 0.5) is 0 Å². The molecule has 0 aliphatic rings. The predicted molar refractivity (Wildman–Crippen MR) is 51.7 cm³/mol. The van der Waals surface area contributed by atoms with E-state index in [2.05, 4.69) is 32.7 Å². The molecule has 1 atom stereocenters. The molecule has 0 aliphatic heterocycles. The standard InChI is InChI=1S/C10H21N/c1-6-8-9(11-5)10(3,4)7-2/h6,9,11H,1,7-8H2,2-5H3. The Bertz CT molecular complexity index is 116. The van der Waals surface area contributed by atoms with Crippen molar-refractivity contribution in [3.05, 3.63) is 12.7 Å². The first-order valence-corrected chi connectivity index (χ1v) is 4.36. The second kappa shape index (κ2) is 4.55. The Morgan fingerprint density at radius 1 is 1.55 bits per heavy atom. The molecule has 0 aromatic carbocycles. The fraction of sp³-hybridized carbons (Fsp3) is 0.800. The van der Waals surface area contributed by atoms with Crippen molar-refractivity contribution in [3.8, 4) is 0 Å². The second-order valence-corrected chi connectivity index (χ2v) is 3.71. The molecule has 0 saturated heterocycles. The summed E-state index contributed by atoms with van der Waals surface area (Å²) in [4.78, 5) is 0. The van der Waals surface area contributed by atoms with E-state index in [1.165, 1.54) is 6.42 Å². The maximum absolute atomic E-state index is 3.76. The highest BCUT2D eigenvalue weighted by Gasteiger charge is 2.24. The molecule has 0 radical (unpaired) electrons. The van der Waals surface area contributed by atoms with E-state index in [4.69, 9.17) is 0 Å². The average Bonchev–Trinajstić information content (AvgIpc) is 2.00. The van der Waals surface area contributed by atoms with Gasteiger partial charge in [0, 0.05) is 6.04 Å². The predicted octanol–water partition coefficient (Wildman–Crippen LogP) is 2.59. The summed E-state index contributed by atoms with van der Waals surface area (Å²) in [5.41, 5.74) is 0.378. The van der Waals surface area contributed by atoms with Crippen LogP contribution in [-0.2, 0) is 0 Å². The highest BCUT2D eigenvalue weighted by atomic mass is 14.9. The normalized spacial score (nSPS) is 14.5. The lowest BCUT2D eigenvalue weighted by molar-refractivity contribution is 0.243. The molecular formula is C10H21N. The SMILES string of the molecule is C=CCC(NC)C(C)(C)CC. The van der Waals surface area contributed by atoms with Gasteiger partial charge in [0.25, 0.3) is 0 Å². The Morgan fingerprint density at radius 2 is 2.09 bits per heavy atom. The van der Waals surface area contributed by atoms with Crippen LogP contribution < -0.4 is 5.32 Å². The molecule has 0 heterocycles. The van der Waals surface area contributed by atoms with Gasteiger partial charge in [0.1, 0.15) is 0 Å². The Kier molecular flexibility index (Phi) is 4.43. The zero-order valence-electron chi connectivity index (χ0n) is 8.28. The monoisotopic (exact) mass is 155 g/mol. The van der Waals surface area contributed by atoms with E-state index in [9.17, 15) is 0 Å². The van der Waals surface area contributed by atoms with Gasteiger partial charge in [-0.05, 0) is 25.3 Å². The van der Waals surface area contributed by atoms with Crippen LogP contribution >= 0.6 is 0 Å². The minimum absolute atomic E-state index is 0.378. The van der Waals surface area contributed by atoms with Gasteiger partial charge in [-0.2, -0.15) is 0 Å². The summed E-state index contributed by atoms with van der Waals surface area (Å²) >= 11 is 0. The molecule has 0 bridgehead atoms. The third-order valence-corrected chi connectivity index (χ3v) is 2.61. The summed E-state index contributed by atoms with van der Waals surface area (Å²) in [6.07, 6.45) is 4.24. The smallest absolute Gasteiger partial charge is 0.0149 e. The van der Waals surface area contributed by atoms with Crippen LogP contribution in [0.1, 0.15) is 33.6 Å². The summed E-state index contributed by atoms with van der Waals surface area (Å²) in [6.45, 7) is 10.6. The lowest BCUT2D eigenvalue weighted by Gasteiger charge is -2.32. The highest BCUT2D eigenvalue weighted by Crippen LogP contribution is 2.26. The minimum atomic E-state index is 0.378. The Labute approximate surface area is 70.9 Å². The summed E-state index contributed by atoms with van der Waals surface area (Å²) in [7, 11) is 2.02. The Hall–Kier alpha value is -0.300. The molecule has 1 heteroatoms. The molecule has 0 aromatic rings. The molecule has 1 unspecified atom stereocenters. The van der Waals surface area contributed by atoms with Gasteiger partial charge in [0.2, 0.25) is 0 Å². The molecule has 1 N–H and O–H groups in total. The van der Waals surface area contributed by atoms with E-state index in [0.717, 1.165) is 6.42 Å². The van der Waals surface area contributed by atoms with Crippen molar-refractivity contribution < 1.29 is 0 Å². The van der Waals surface area contributed by atoms with E-state index in [1.807, 2.05) is 13.1 Å². The van der Waals surface area contributed by atoms with Gasteiger partial charge in [0.05, 0.1) is 0 Å². The van der Waals surface area contributed by atoms with Crippen molar-refractivity contribution in [3.63, 3.8) is 0 Å². The van der Waals surface area contributed by atoms with Crippen LogP contribution in [0.2, 0.25) is 0 Å². The van der Waals surface area contributed by atoms with Crippen molar-refractivity contribution in [2.45, 2.75) is 39.7 Å². The van der Waals surface area contributed by atoms with Crippen molar-refractivity contribution in [1.82, 2.24) is 5.32 Å². The molecular weight excluding hydrogens is 134 g/mol. The van der Waals surface area contributed by atoms with Crippen LogP contribution in [0, 0.1) is 5.41 Å². The van der Waals surface area contributed by atoms with Crippen molar-refractivity contribution in [2.75, 3.05) is 7.05 Å². The molecule has 0 spiro atoms.